The predicted octanol–water partition coefficient (Wildman–Crippen LogP) is 7.12. The molecule has 0 heterocycles. The molecule has 2 N–H and O–H groups in total. The van der Waals surface area contributed by atoms with Crippen molar-refractivity contribution in [1.82, 2.24) is 0 Å². The maximum atomic E-state index is 10.0. The van der Waals surface area contributed by atoms with Gasteiger partial charge in [-0.05, 0) is 42.0 Å². The molecule has 0 aliphatic heterocycles. The highest BCUT2D eigenvalue weighted by Crippen LogP contribution is 2.35. The third kappa shape index (κ3) is 4.56. The lowest BCUT2D eigenvalue weighted by Crippen LogP contribution is -2.01. The summed E-state index contributed by atoms with van der Waals surface area (Å²) in [5, 5.41) is 14.6. The van der Waals surface area contributed by atoms with Crippen LogP contribution in [0.4, 0.5) is 5.69 Å². The topological polar surface area (TPSA) is 32.3 Å². The maximum Gasteiger partial charge on any atom is 0.157 e. The average molecular weight is 411 g/mol. The van der Waals surface area contributed by atoms with Crippen molar-refractivity contribution in [2.45, 2.75) is 16.3 Å². The summed E-state index contributed by atoms with van der Waals surface area (Å²) in [4.78, 5) is 2.10. The summed E-state index contributed by atoms with van der Waals surface area (Å²) in [5.41, 5.74) is 1.69. The minimum absolute atomic E-state index is 0.0544. The van der Waals surface area contributed by atoms with E-state index in [2.05, 4.69) is 5.32 Å². The Bertz CT molecular complexity index is 902. The van der Waals surface area contributed by atoms with Crippen LogP contribution in [0.5, 0.6) is 5.75 Å². The summed E-state index contributed by atoms with van der Waals surface area (Å²) in [5.74, 6) is 0.0544. The van der Waals surface area contributed by atoms with Crippen molar-refractivity contribution in [3.05, 3.63) is 81.3 Å². The first-order valence-electron chi connectivity index (χ1n) is 7.47. The Hall–Kier alpha value is -1.52. The minimum atomic E-state index is 0.0544. The Labute approximate surface area is 165 Å². The van der Waals surface area contributed by atoms with Gasteiger partial charge in [-0.3, -0.25) is 0 Å². The number of anilines is 1. The first kappa shape index (κ1) is 18.3. The molecular weight excluding hydrogens is 397 g/mol. The zero-order valence-electron chi connectivity index (χ0n) is 13.0. The van der Waals surface area contributed by atoms with E-state index < -0.39 is 0 Å². The van der Waals surface area contributed by atoms with Crippen LogP contribution in [0, 0.1) is 0 Å². The van der Waals surface area contributed by atoms with E-state index in [-0.39, 0.29) is 5.75 Å². The van der Waals surface area contributed by atoms with Crippen molar-refractivity contribution in [1.29, 1.82) is 0 Å². The van der Waals surface area contributed by atoms with Crippen LogP contribution in [0.25, 0.3) is 0 Å². The average Bonchev–Trinajstić information content (AvgIpc) is 2.61. The van der Waals surface area contributed by atoms with Gasteiger partial charge in [0.1, 0.15) is 0 Å². The van der Waals surface area contributed by atoms with Crippen molar-refractivity contribution < 1.29 is 5.11 Å². The van der Waals surface area contributed by atoms with E-state index in [1.54, 1.807) is 36.0 Å². The molecule has 0 spiro atoms. The fourth-order valence-electron chi connectivity index (χ4n) is 2.27. The molecular formula is C19H14Cl3NOS. The Balaban J connectivity index is 1.78. The van der Waals surface area contributed by atoms with Gasteiger partial charge in [-0.15, -0.1) is 0 Å². The van der Waals surface area contributed by atoms with Gasteiger partial charge in [0.05, 0.1) is 20.8 Å². The van der Waals surface area contributed by atoms with Crippen LogP contribution in [-0.2, 0) is 6.54 Å². The van der Waals surface area contributed by atoms with Crippen molar-refractivity contribution in [3.63, 3.8) is 0 Å². The van der Waals surface area contributed by atoms with Crippen LogP contribution in [-0.4, -0.2) is 5.11 Å². The van der Waals surface area contributed by atoms with Gasteiger partial charge >= 0.3 is 0 Å². The number of halogens is 3. The van der Waals surface area contributed by atoms with Crippen molar-refractivity contribution in [2.24, 2.45) is 0 Å². The molecule has 128 valence electrons. The van der Waals surface area contributed by atoms with Gasteiger partial charge in [0.2, 0.25) is 0 Å². The summed E-state index contributed by atoms with van der Waals surface area (Å²) in [6.45, 7) is 0.554. The summed E-state index contributed by atoms with van der Waals surface area (Å²) in [6.07, 6.45) is 0. The monoisotopic (exact) mass is 409 g/mol. The molecule has 0 saturated carbocycles. The highest BCUT2D eigenvalue weighted by Gasteiger charge is 2.08. The molecule has 3 aromatic rings. The van der Waals surface area contributed by atoms with Gasteiger partial charge in [0.25, 0.3) is 0 Å². The van der Waals surface area contributed by atoms with Crippen LogP contribution in [0.1, 0.15) is 5.56 Å². The predicted molar refractivity (Wildman–Crippen MR) is 107 cm³/mol. The Morgan fingerprint density at radius 2 is 1.64 bits per heavy atom. The summed E-state index contributed by atoms with van der Waals surface area (Å²) in [7, 11) is 0. The molecule has 0 atom stereocenters. The van der Waals surface area contributed by atoms with Gasteiger partial charge < -0.3 is 10.4 Å². The quantitative estimate of drug-likeness (QED) is 0.439. The van der Waals surface area contributed by atoms with Crippen molar-refractivity contribution in [2.75, 3.05) is 5.32 Å². The molecule has 25 heavy (non-hydrogen) atoms. The van der Waals surface area contributed by atoms with E-state index in [1.165, 1.54) is 0 Å². The molecule has 0 saturated heterocycles. The first-order chi connectivity index (χ1) is 12.0. The number of para-hydroxylation sites is 1. The van der Waals surface area contributed by atoms with Crippen molar-refractivity contribution >= 4 is 52.3 Å². The Morgan fingerprint density at radius 1 is 0.840 bits per heavy atom. The third-order valence-corrected chi connectivity index (χ3v) is 5.70. The number of hydrogen-bond acceptors (Lipinski definition) is 3. The highest BCUT2D eigenvalue weighted by molar-refractivity contribution is 7.99. The molecule has 0 aromatic heterocycles. The summed E-state index contributed by atoms with van der Waals surface area (Å²) in [6, 6.07) is 18.8. The largest absolute Gasteiger partial charge is 0.504 e. The number of phenols is 1. The molecule has 0 aliphatic carbocycles. The Kier molecular flexibility index (Phi) is 6.02. The van der Waals surface area contributed by atoms with Crippen LogP contribution in [0.15, 0.2) is 70.5 Å². The molecule has 0 unspecified atom stereocenters. The molecule has 0 radical (unpaired) electrons. The minimum Gasteiger partial charge on any atom is -0.504 e. The number of hydrogen-bond donors (Lipinski definition) is 2. The normalized spacial score (nSPS) is 10.7. The second-order valence-electron chi connectivity index (χ2n) is 5.28. The number of phenolic OH excluding ortho intramolecular Hbond substituents is 1. The van der Waals surface area contributed by atoms with Gasteiger partial charge in [-0.2, -0.15) is 0 Å². The van der Waals surface area contributed by atoms with E-state index in [0.717, 1.165) is 15.4 Å². The molecule has 3 aromatic carbocycles. The van der Waals surface area contributed by atoms with Crippen molar-refractivity contribution in [3.8, 4) is 5.75 Å². The first-order valence-corrected chi connectivity index (χ1v) is 9.42. The van der Waals surface area contributed by atoms with Gasteiger partial charge in [-0.1, -0.05) is 70.8 Å². The standard InChI is InChI=1S/C19H14Cl3NOS/c20-14-9-8-13(10-16(14)22)25-18-7-2-1-4-12(18)11-23-17-6-3-5-15(21)19(17)24/h1-10,23-24H,11H2. The SMILES string of the molecule is Oc1c(Cl)cccc1NCc1ccccc1Sc1ccc(Cl)c(Cl)c1. The summed E-state index contributed by atoms with van der Waals surface area (Å²) >= 11 is 19.6. The second-order valence-corrected chi connectivity index (χ2v) is 7.61. The Morgan fingerprint density at radius 3 is 2.44 bits per heavy atom. The maximum absolute atomic E-state index is 10.0. The zero-order chi connectivity index (χ0) is 17.8. The number of benzene rings is 3. The molecule has 2 nitrogen and oxygen atoms in total. The lowest BCUT2D eigenvalue weighted by atomic mass is 10.2. The lowest BCUT2D eigenvalue weighted by Gasteiger charge is -2.13. The molecule has 0 amide bonds. The van der Waals surface area contributed by atoms with Crippen LogP contribution < -0.4 is 5.32 Å². The molecule has 0 bridgehead atoms. The van der Waals surface area contributed by atoms with Crippen LogP contribution in [0.2, 0.25) is 15.1 Å². The number of aromatic hydroxyl groups is 1. The van der Waals surface area contributed by atoms with E-state index in [0.29, 0.717) is 27.3 Å². The van der Waals surface area contributed by atoms with Crippen LogP contribution in [0.3, 0.4) is 0 Å². The molecule has 0 fully saturated rings. The third-order valence-electron chi connectivity index (χ3n) is 3.55. The fraction of sp³-hybridized carbons (Fsp3) is 0.0526. The van der Waals surface area contributed by atoms with E-state index in [1.807, 2.05) is 36.4 Å². The second kappa shape index (κ2) is 8.24. The van der Waals surface area contributed by atoms with Gasteiger partial charge in [-0.25, -0.2) is 0 Å². The molecule has 6 heteroatoms. The van der Waals surface area contributed by atoms with E-state index in [9.17, 15) is 5.11 Å². The zero-order valence-corrected chi connectivity index (χ0v) is 16.1. The van der Waals surface area contributed by atoms with Crippen LogP contribution >= 0.6 is 46.6 Å². The molecule has 3 rings (SSSR count). The molecule has 0 aliphatic rings. The summed E-state index contributed by atoms with van der Waals surface area (Å²) < 4.78 is 0. The fourth-order valence-corrected chi connectivity index (χ4v) is 3.79. The number of rotatable bonds is 5. The van der Waals surface area contributed by atoms with Gasteiger partial charge in [0, 0.05) is 16.3 Å². The van der Waals surface area contributed by atoms with E-state index in [4.69, 9.17) is 34.8 Å². The lowest BCUT2D eigenvalue weighted by molar-refractivity contribution is 0.477. The van der Waals surface area contributed by atoms with Gasteiger partial charge in [0.15, 0.2) is 5.75 Å². The van der Waals surface area contributed by atoms with E-state index >= 15 is 0 Å². The number of nitrogens with one attached hydrogen (secondary N) is 1. The highest BCUT2D eigenvalue weighted by atomic mass is 35.5. The smallest absolute Gasteiger partial charge is 0.157 e.